The van der Waals surface area contributed by atoms with E-state index in [0.29, 0.717) is 13.2 Å². The van der Waals surface area contributed by atoms with Crippen LogP contribution in [0.2, 0.25) is 0 Å². The maximum Gasteiger partial charge on any atom is 0.305 e. The number of thioether (sulfide) groups is 1. The van der Waals surface area contributed by atoms with E-state index in [0.717, 1.165) is 10.5 Å². The molecule has 1 aromatic rings. The maximum absolute atomic E-state index is 11.8. The van der Waals surface area contributed by atoms with Crippen molar-refractivity contribution in [1.82, 2.24) is 5.32 Å². The monoisotopic (exact) mass is 311 g/mol. The zero-order valence-electron chi connectivity index (χ0n) is 12.3. The second-order valence-electron chi connectivity index (χ2n) is 4.44. The van der Waals surface area contributed by atoms with Gasteiger partial charge in [0, 0.05) is 17.9 Å². The number of aliphatic carboxylic acids is 1. The third kappa shape index (κ3) is 6.64. The Hall–Kier alpha value is -1.53. The van der Waals surface area contributed by atoms with Gasteiger partial charge >= 0.3 is 5.97 Å². The van der Waals surface area contributed by atoms with Crippen molar-refractivity contribution in [3.63, 3.8) is 0 Å². The second-order valence-corrected chi connectivity index (χ2v) is 5.32. The fraction of sp³-hybridized carbons (Fsp3) is 0.467. The zero-order chi connectivity index (χ0) is 15.7. The maximum atomic E-state index is 11.8. The summed E-state index contributed by atoms with van der Waals surface area (Å²) in [4.78, 5) is 23.9. The molecule has 21 heavy (non-hydrogen) atoms. The Labute approximate surface area is 129 Å². The van der Waals surface area contributed by atoms with Crippen LogP contribution in [0, 0.1) is 0 Å². The zero-order valence-corrected chi connectivity index (χ0v) is 13.1. The van der Waals surface area contributed by atoms with E-state index >= 15 is 0 Å². The molecule has 116 valence electrons. The number of ether oxygens (including phenoxy) is 1. The number of carbonyl (C=O) groups excluding carboxylic acids is 1. The average Bonchev–Trinajstić information content (AvgIpc) is 2.46. The van der Waals surface area contributed by atoms with Gasteiger partial charge in [0.25, 0.3) is 0 Å². The summed E-state index contributed by atoms with van der Waals surface area (Å²) in [6.07, 6.45) is 2.06. The smallest absolute Gasteiger partial charge is 0.305 e. The quantitative estimate of drug-likeness (QED) is 0.541. The highest BCUT2D eigenvalue weighted by atomic mass is 32.2. The van der Waals surface area contributed by atoms with Crippen LogP contribution < -0.4 is 5.32 Å². The SMILES string of the molecule is CCOCCC(=O)NC(CC(=O)O)c1ccc(SC)cc1. The first kappa shape index (κ1) is 17.5. The predicted octanol–water partition coefficient (Wildman–Crippen LogP) is 2.47. The minimum Gasteiger partial charge on any atom is -0.481 e. The summed E-state index contributed by atoms with van der Waals surface area (Å²) < 4.78 is 5.12. The van der Waals surface area contributed by atoms with Gasteiger partial charge < -0.3 is 15.2 Å². The van der Waals surface area contributed by atoms with Crippen molar-refractivity contribution in [2.45, 2.75) is 30.7 Å². The summed E-state index contributed by atoms with van der Waals surface area (Å²) in [5.74, 6) is -1.15. The van der Waals surface area contributed by atoms with Gasteiger partial charge in [-0.3, -0.25) is 9.59 Å². The van der Waals surface area contributed by atoms with Crippen LogP contribution in [0.4, 0.5) is 0 Å². The second kappa shape index (κ2) is 9.41. The summed E-state index contributed by atoms with van der Waals surface area (Å²) in [6, 6.07) is 7.01. The van der Waals surface area contributed by atoms with E-state index in [1.165, 1.54) is 0 Å². The number of hydrogen-bond acceptors (Lipinski definition) is 4. The van der Waals surface area contributed by atoms with Crippen molar-refractivity contribution in [1.29, 1.82) is 0 Å². The molecule has 1 amide bonds. The molecular weight excluding hydrogens is 290 g/mol. The van der Waals surface area contributed by atoms with E-state index in [1.54, 1.807) is 11.8 Å². The molecule has 0 aliphatic carbocycles. The topological polar surface area (TPSA) is 75.6 Å². The Bertz CT molecular complexity index is 461. The van der Waals surface area contributed by atoms with E-state index in [9.17, 15) is 9.59 Å². The van der Waals surface area contributed by atoms with Gasteiger partial charge in [0.05, 0.1) is 19.1 Å². The number of rotatable bonds is 9. The lowest BCUT2D eigenvalue weighted by molar-refractivity contribution is -0.137. The number of carboxylic acid groups (broad SMARTS) is 1. The highest BCUT2D eigenvalue weighted by Gasteiger charge is 2.17. The van der Waals surface area contributed by atoms with E-state index < -0.39 is 12.0 Å². The van der Waals surface area contributed by atoms with Crippen LogP contribution in [0.25, 0.3) is 0 Å². The van der Waals surface area contributed by atoms with Gasteiger partial charge in [0.1, 0.15) is 0 Å². The fourth-order valence-corrected chi connectivity index (χ4v) is 2.25. The highest BCUT2D eigenvalue weighted by molar-refractivity contribution is 7.98. The number of amides is 1. The minimum atomic E-state index is -0.945. The van der Waals surface area contributed by atoms with Crippen molar-refractivity contribution in [2.24, 2.45) is 0 Å². The molecular formula is C15H21NO4S. The van der Waals surface area contributed by atoms with Crippen LogP contribution in [0.15, 0.2) is 29.2 Å². The molecule has 0 aliphatic rings. The molecule has 1 atom stereocenters. The van der Waals surface area contributed by atoms with Crippen molar-refractivity contribution in [2.75, 3.05) is 19.5 Å². The van der Waals surface area contributed by atoms with E-state index in [1.807, 2.05) is 37.4 Å². The number of hydrogen-bond donors (Lipinski definition) is 2. The van der Waals surface area contributed by atoms with Crippen LogP contribution in [0.5, 0.6) is 0 Å². The van der Waals surface area contributed by atoms with E-state index in [4.69, 9.17) is 9.84 Å². The first-order valence-electron chi connectivity index (χ1n) is 6.79. The lowest BCUT2D eigenvalue weighted by atomic mass is 10.0. The number of benzene rings is 1. The summed E-state index contributed by atoms with van der Waals surface area (Å²) in [6.45, 7) is 2.76. The third-order valence-electron chi connectivity index (χ3n) is 2.91. The summed E-state index contributed by atoms with van der Waals surface area (Å²) in [5, 5.41) is 11.7. The van der Waals surface area contributed by atoms with Crippen LogP contribution >= 0.6 is 11.8 Å². The Kier molecular flexibility index (Phi) is 7.85. The molecule has 0 saturated heterocycles. The predicted molar refractivity (Wildman–Crippen MR) is 82.5 cm³/mol. The summed E-state index contributed by atoms with van der Waals surface area (Å²) in [7, 11) is 0. The Morgan fingerprint density at radius 3 is 2.52 bits per heavy atom. The number of carboxylic acids is 1. The first-order chi connectivity index (χ1) is 10.1. The van der Waals surface area contributed by atoms with Crippen molar-refractivity contribution >= 4 is 23.6 Å². The van der Waals surface area contributed by atoms with Crippen molar-refractivity contribution in [3.8, 4) is 0 Å². The van der Waals surface area contributed by atoms with Crippen LogP contribution in [-0.4, -0.2) is 36.5 Å². The van der Waals surface area contributed by atoms with Gasteiger partial charge in [-0.15, -0.1) is 11.8 Å². The van der Waals surface area contributed by atoms with Crippen LogP contribution in [0.1, 0.15) is 31.4 Å². The van der Waals surface area contributed by atoms with E-state index in [-0.39, 0.29) is 18.7 Å². The lowest BCUT2D eigenvalue weighted by Gasteiger charge is -2.18. The summed E-state index contributed by atoms with van der Waals surface area (Å²) in [5.41, 5.74) is 0.792. The van der Waals surface area contributed by atoms with Crippen molar-refractivity contribution in [3.05, 3.63) is 29.8 Å². The van der Waals surface area contributed by atoms with Crippen LogP contribution in [0.3, 0.4) is 0 Å². The molecule has 2 N–H and O–H groups in total. The lowest BCUT2D eigenvalue weighted by Crippen LogP contribution is -2.30. The Morgan fingerprint density at radius 1 is 1.33 bits per heavy atom. The Balaban J connectivity index is 2.70. The van der Waals surface area contributed by atoms with Crippen LogP contribution in [-0.2, 0) is 14.3 Å². The molecule has 0 fully saturated rings. The molecule has 0 spiro atoms. The first-order valence-corrected chi connectivity index (χ1v) is 8.02. The molecule has 0 aromatic heterocycles. The highest BCUT2D eigenvalue weighted by Crippen LogP contribution is 2.21. The number of nitrogens with one attached hydrogen (secondary N) is 1. The van der Waals surface area contributed by atoms with Gasteiger partial charge in [0.2, 0.25) is 5.91 Å². The molecule has 0 bridgehead atoms. The third-order valence-corrected chi connectivity index (χ3v) is 3.65. The molecule has 1 aromatic carbocycles. The Morgan fingerprint density at radius 2 is 2.00 bits per heavy atom. The molecule has 0 radical (unpaired) electrons. The normalized spacial score (nSPS) is 11.9. The van der Waals surface area contributed by atoms with Gasteiger partial charge in [-0.25, -0.2) is 0 Å². The molecule has 0 heterocycles. The van der Waals surface area contributed by atoms with Crippen molar-refractivity contribution < 1.29 is 19.4 Å². The minimum absolute atomic E-state index is 0.140. The molecule has 1 unspecified atom stereocenters. The molecule has 0 saturated carbocycles. The van der Waals surface area contributed by atoms with Gasteiger partial charge in [-0.2, -0.15) is 0 Å². The number of carbonyl (C=O) groups is 2. The summed E-state index contributed by atoms with van der Waals surface area (Å²) >= 11 is 1.61. The molecule has 6 heteroatoms. The largest absolute Gasteiger partial charge is 0.481 e. The standard InChI is InChI=1S/C15H21NO4S/c1-3-20-9-8-14(17)16-13(10-15(18)19)11-4-6-12(21-2)7-5-11/h4-7,13H,3,8-10H2,1-2H3,(H,16,17)(H,18,19). The van der Waals surface area contributed by atoms with Gasteiger partial charge in [-0.1, -0.05) is 12.1 Å². The molecule has 1 rings (SSSR count). The average molecular weight is 311 g/mol. The van der Waals surface area contributed by atoms with Gasteiger partial charge in [0.15, 0.2) is 0 Å². The van der Waals surface area contributed by atoms with Gasteiger partial charge in [-0.05, 0) is 30.9 Å². The molecule has 0 aliphatic heterocycles. The fourth-order valence-electron chi connectivity index (χ4n) is 1.84. The van der Waals surface area contributed by atoms with E-state index in [2.05, 4.69) is 5.32 Å². The molecule has 5 nitrogen and oxygen atoms in total.